The number of rotatable bonds is 6. The van der Waals surface area contributed by atoms with E-state index >= 15 is 0 Å². The van der Waals surface area contributed by atoms with Crippen LogP contribution >= 0.6 is 11.8 Å². The van der Waals surface area contributed by atoms with Gasteiger partial charge in [0.1, 0.15) is 0 Å². The maximum atomic E-state index is 4.06. The Hall–Kier alpha value is 0.0900. The molecule has 0 aliphatic carbocycles. The molecule has 0 saturated heterocycles. The van der Waals surface area contributed by atoms with Crippen LogP contribution in [0.1, 0.15) is 40.0 Å². The smallest absolute Gasteiger partial charge is 0.00518 e. The highest BCUT2D eigenvalue weighted by molar-refractivity contribution is 8.03. The first kappa shape index (κ1) is 11.1. The minimum Gasteiger partial charge on any atom is -0.131 e. The average molecular weight is 172 g/mol. The van der Waals surface area contributed by atoms with E-state index < -0.39 is 0 Å². The van der Waals surface area contributed by atoms with Crippen molar-refractivity contribution in [1.29, 1.82) is 0 Å². The fraction of sp³-hybridized carbons (Fsp3) is 0.800. The lowest BCUT2D eigenvalue weighted by Crippen LogP contribution is -1.95. The Kier molecular flexibility index (Phi) is 6.83. The number of hydrogen-bond donors (Lipinski definition) is 0. The zero-order valence-corrected chi connectivity index (χ0v) is 8.84. The van der Waals surface area contributed by atoms with Crippen molar-refractivity contribution in [2.24, 2.45) is 5.92 Å². The second-order valence-corrected chi connectivity index (χ2v) is 4.33. The van der Waals surface area contributed by atoms with Crippen molar-refractivity contribution in [2.75, 3.05) is 5.75 Å². The van der Waals surface area contributed by atoms with E-state index in [-0.39, 0.29) is 0 Å². The molecule has 0 aliphatic rings. The van der Waals surface area contributed by atoms with Gasteiger partial charge in [0.2, 0.25) is 0 Å². The van der Waals surface area contributed by atoms with Gasteiger partial charge in [-0.1, -0.05) is 40.2 Å². The molecule has 0 saturated carbocycles. The highest BCUT2D eigenvalue weighted by atomic mass is 32.2. The minimum absolute atomic E-state index is 0.708. The molecule has 0 fully saturated rings. The van der Waals surface area contributed by atoms with Crippen molar-refractivity contribution >= 4 is 11.8 Å². The molecule has 0 heterocycles. The van der Waals surface area contributed by atoms with Crippen molar-refractivity contribution in [2.45, 2.75) is 40.0 Å². The maximum Gasteiger partial charge on any atom is -0.00518 e. The summed E-state index contributed by atoms with van der Waals surface area (Å²) in [6.45, 7) is 10.8. The van der Waals surface area contributed by atoms with Gasteiger partial charge < -0.3 is 0 Å². The summed E-state index contributed by atoms with van der Waals surface area (Å²) in [6.07, 6.45) is 3.95. The first-order valence-corrected chi connectivity index (χ1v) is 5.52. The highest BCUT2D eigenvalue weighted by Crippen LogP contribution is 2.25. The predicted octanol–water partition coefficient (Wildman–Crippen LogP) is 4.08. The van der Waals surface area contributed by atoms with E-state index in [1.54, 1.807) is 0 Å². The average Bonchev–Trinajstić information content (AvgIpc) is 2.00. The summed E-state index contributed by atoms with van der Waals surface area (Å²) < 4.78 is 0. The summed E-state index contributed by atoms with van der Waals surface area (Å²) in [6, 6.07) is 0. The van der Waals surface area contributed by atoms with Crippen molar-refractivity contribution in [3.63, 3.8) is 0 Å². The lowest BCUT2D eigenvalue weighted by Gasteiger charge is -2.12. The van der Waals surface area contributed by atoms with E-state index in [9.17, 15) is 0 Å². The first-order valence-electron chi connectivity index (χ1n) is 4.53. The van der Waals surface area contributed by atoms with Crippen LogP contribution in [0.15, 0.2) is 11.5 Å². The quantitative estimate of drug-likeness (QED) is 0.582. The van der Waals surface area contributed by atoms with Crippen LogP contribution < -0.4 is 0 Å². The van der Waals surface area contributed by atoms with E-state index in [0.717, 1.165) is 5.75 Å². The molecule has 1 atom stereocenters. The van der Waals surface area contributed by atoms with Crippen LogP contribution in [0.4, 0.5) is 0 Å². The summed E-state index contributed by atoms with van der Waals surface area (Å²) >= 11 is 1.90. The molecule has 1 unspecified atom stereocenters. The monoisotopic (exact) mass is 172 g/mol. The number of hydrogen-bond acceptors (Lipinski definition) is 1. The van der Waals surface area contributed by atoms with Gasteiger partial charge in [-0.2, -0.15) is 0 Å². The van der Waals surface area contributed by atoms with E-state index in [4.69, 9.17) is 0 Å². The molecule has 0 aromatic heterocycles. The Bertz CT molecular complexity index is 107. The lowest BCUT2D eigenvalue weighted by molar-refractivity contribution is 0.592. The third-order valence-corrected chi connectivity index (χ3v) is 2.93. The summed E-state index contributed by atoms with van der Waals surface area (Å²) in [4.78, 5) is 1.36. The molecule has 0 N–H and O–H groups in total. The van der Waals surface area contributed by atoms with Crippen molar-refractivity contribution in [3.05, 3.63) is 11.5 Å². The molecule has 11 heavy (non-hydrogen) atoms. The molecule has 1 heteroatoms. The second-order valence-electron chi connectivity index (χ2n) is 2.94. The van der Waals surface area contributed by atoms with E-state index in [2.05, 4.69) is 27.4 Å². The van der Waals surface area contributed by atoms with Gasteiger partial charge in [0.05, 0.1) is 0 Å². The maximum absolute atomic E-state index is 4.06. The summed E-state index contributed by atoms with van der Waals surface area (Å²) in [5.41, 5.74) is 0. The molecular formula is C10H20S. The molecule has 0 bridgehead atoms. The van der Waals surface area contributed by atoms with E-state index in [0.29, 0.717) is 5.92 Å². The molecule has 66 valence electrons. The largest absolute Gasteiger partial charge is 0.131 e. The van der Waals surface area contributed by atoms with Crippen LogP contribution in [0.25, 0.3) is 0 Å². The molecular weight excluding hydrogens is 152 g/mol. The van der Waals surface area contributed by atoms with Gasteiger partial charge >= 0.3 is 0 Å². The Morgan fingerprint density at radius 3 is 2.55 bits per heavy atom. The van der Waals surface area contributed by atoms with Gasteiger partial charge in [-0.15, -0.1) is 11.8 Å². The van der Waals surface area contributed by atoms with Crippen LogP contribution in [0, 0.1) is 5.92 Å². The molecule has 0 spiro atoms. The van der Waals surface area contributed by atoms with Crippen molar-refractivity contribution in [3.8, 4) is 0 Å². The fourth-order valence-corrected chi connectivity index (χ4v) is 1.77. The Balaban J connectivity index is 3.46. The third-order valence-electron chi connectivity index (χ3n) is 1.87. The van der Waals surface area contributed by atoms with Gasteiger partial charge in [-0.25, -0.2) is 0 Å². The second kappa shape index (κ2) is 6.78. The highest BCUT2D eigenvalue weighted by Gasteiger charge is 2.04. The standard InChI is InChI=1S/C10H20S/c1-5-7-8-9(3)10(4)11-6-2/h9H,4-8H2,1-3H3. The molecule has 0 rings (SSSR count). The fourth-order valence-electron chi connectivity index (χ4n) is 0.999. The zero-order valence-electron chi connectivity index (χ0n) is 8.02. The summed E-state index contributed by atoms with van der Waals surface area (Å²) in [5, 5.41) is 0. The normalized spacial score (nSPS) is 13.0. The summed E-state index contributed by atoms with van der Waals surface area (Å²) in [7, 11) is 0. The lowest BCUT2D eigenvalue weighted by atomic mass is 10.1. The van der Waals surface area contributed by atoms with Crippen molar-refractivity contribution < 1.29 is 0 Å². The molecule has 0 radical (unpaired) electrons. The molecule has 0 amide bonds. The topological polar surface area (TPSA) is 0 Å². The SMILES string of the molecule is C=C(SCC)C(C)CCCC. The van der Waals surface area contributed by atoms with Crippen LogP contribution in [0.2, 0.25) is 0 Å². The third kappa shape index (κ3) is 5.37. The van der Waals surface area contributed by atoms with Crippen LogP contribution in [0.3, 0.4) is 0 Å². The minimum atomic E-state index is 0.708. The summed E-state index contributed by atoms with van der Waals surface area (Å²) in [5.74, 6) is 1.87. The number of allylic oxidation sites excluding steroid dienone is 1. The Morgan fingerprint density at radius 2 is 2.09 bits per heavy atom. The molecule has 0 nitrogen and oxygen atoms in total. The zero-order chi connectivity index (χ0) is 8.69. The van der Waals surface area contributed by atoms with Crippen LogP contribution in [-0.2, 0) is 0 Å². The van der Waals surface area contributed by atoms with E-state index in [1.165, 1.54) is 24.2 Å². The van der Waals surface area contributed by atoms with Gasteiger partial charge in [0.15, 0.2) is 0 Å². The Labute approximate surface area is 75.5 Å². The number of unbranched alkanes of at least 4 members (excludes halogenated alkanes) is 1. The molecule has 0 aliphatic heterocycles. The number of thioether (sulfide) groups is 1. The van der Waals surface area contributed by atoms with Gasteiger partial charge in [-0.05, 0) is 23.0 Å². The van der Waals surface area contributed by atoms with Gasteiger partial charge in [-0.3, -0.25) is 0 Å². The molecule has 0 aromatic rings. The first-order chi connectivity index (χ1) is 5.22. The van der Waals surface area contributed by atoms with E-state index in [1.807, 2.05) is 11.8 Å². The van der Waals surface area contributed by atoms with Gasteiger partial charge in [0.25, 0.3) is 0 Å². The predicted molar refractivity (Wildman–Crippen MR) is 56.0 cm³/mol. The van der Waals surface area contributed by atoms with Crippen LogP contribution in [-0.4, -0.2) is 5.75 Å². The van der Waals surface area contributed by atoms with Crippen LogP contribution in [0.5, 0.6) is 0 Å². The molecule has 0 aromatic carbocycles. The van der Waals surface area contributed by atoms with Gasteiger partial charge in [0, 0.05) is 0 Å². The van der Waals surface area contributed by atoms with Crippen molar-refractivity contribution in [1.82, 2.24) is 0 Å². The Morgan fingerprint density at radius 1 is 1.45 bits per heavy atom.